The van der Waals surface area contributed by atoms with Crippen molar-refractivity contribution < 1.29 is 9.47 Å². The molecular formula is C20H27N5O2. The molecule has 4 rings (SSSR count). The number of methoxy groups -OCH3 is 1. The molecule has 144 valence electrons. The molecule has 0 bridgehead atoms. The van der Waals surface area contributed by atoms with Gasteiger partial charge in [0.15, 0.2) is 0 Å². The first-order valence-corrected chi connectivity index (χ1v) is 9.80. The fourth-order valence-electron chi connectivity index (χ4n) is 3.68. The zero-order chi connectivity index (χ0) is 18.5. The van der Waals surface area contributed by atoms with Gasteiger partial charge in [0.2, 0.25) is 11.9 Å². The zero-order valence-corrected chi connectivity index (χ0v) is 15.9. The highest BCUT2D eigenvalue weighted by Crippen LogP contribution is 2.26. The van der Waals surface area contributed by atoms with Crippen molar-refractivity contribution in [1.29, 1.82) is 0 Å². The van der Waals surface area contributed by atoms with Crippen molar-refractivity contribution >= 4 is 11.9 Å². The smallest absolute Gasteiger partial charge is 0.322 e. The van der Waals surface area contributed by atoms with Gasteiger partial charge in [-0.2, -0.15) is 15.0 Å². The Morgan fingerprint density at radius 1 is 0.889 bits per heavy atom. The summed E-state index contributed by atoms with van der Waals surface area (Å²) >= 11 is 0. The summed E-state index contributed by atoms with van der Waals surface area (Å²) in [6, 6.07) is 10.7. The number of hydrogen-bond acceptors (Lipinski definition) is 7. The maximum Gasteiger partial charge on any atom is 0.322 e. The molecule has 2 fully saturated rings. The van der Waals surface area contributed by atoms with Crippen molar-refractivity contribution in [2.75, 3.05) is 49.7 Å². The van der Waals surface area contributed by atoms with Crippen LogP contribution >= 0.6 is 0 Å². The van der Waals surface area contributed by atoms with Crippen molar-refractivity contribution in [3.8, 4) is 6.01 Å². The van der Waals surface area contributed by atoms with Gasteiger partial charge in [0, 0.05) is 19.6 Å². The van der Waals surface area contributed by atoms with Crippen LogP contribution in [0.5, 0.6) is 6.01 Å². The maximum absolute atomic E-state index is 5.98. The summed E-state index contributed by atoms with van der Waals surface area (Å²) in [6.07, 6.45) is 4.92. The van der Waals surface area contributed by atoms with Gasteiger partial charge >= 0.3 is 6.01 Å². The number of hydrogen-bond donors (Lipinski definition) is 0. The van der Waals surface area contributed by atoms with Crippen LogP contribution in [0.4, 0.5) is 11.9 Å². The molecule has 1 atom stereocenters. The third kappa shape index (κ3) is 4.30. The predicted octanol–water partition coefficient (Wildman–Crippen LogP) is 2.84. The number of benzene rings is 1. The Kier molecular flexibility index (Phi) is 5.67. The minimum atomic E-state index is 0.0179. The second-order valence-electron chi connectivity index (χ2n) is 7.04. The van der Waals surface area contributed by atoms with Crippen molar-refractivity contribution in [3.05, 3.63) is 35.9 Å². The minimum absolute atomic E-state index is 0.0179. The van der Waals surface area contributed by atoms with E-state index in [1.54, 1.807) is 7.11 Å². The summed E-state index contributed by atoms with van der Waals surface area (Å²) in [5, 5.41) is 0. The monoisotopic (exact) mass is 369 g/mol. The summed E-state index contributed by atoms with van der Waals surface area (Å²) < 4.78 is 11.4. The summed E-state index contributed by atoms with van der Waals surface area (Å²) in [5.74, 6) is 1.40. The molecule has 2 saturated heterocycles. The van der Waals surface area contributed by atoms with Crippen LogP contribution in [0.25, 0.3) is 0 Å². The number of nitrogens with zero attached hydrogens (tertiary/aromatic N) is 5. The normalized spacial score (nSPS) is 21.0. The Balaban J connectivity index is 1.57. The van der Waals surface area contributed by atoms with Gasteiger partial charge < -0.3 is 19.3 Å². The highest BCUT2D eigenvalue weighted by Gasteiger charge is 2.25. The van der Waals surface area contributed by atoms with Crippen molar-refractivity contribution in [2.24, 2.45) is 0 Å². The molecule has 2 aromatic rings. The summed E-state index contributed by atoms with van der Waals surface area (Å²) in [6.45, 7) is 4.10. The molecule has 0 radical (unpaired) electrons. The number of rotatable bonds is 4. The Morgan fingerprint density at radius 2 is 1.59 bits per heavy atom. The van der Waals surface area contributed by atoms with Crippen LogP contribution in [0.15, 0.2) is 30.3 Å². The third-order valence-electron chi connectivity index (χ3n) is 5.18. The first kappa shape index (κ1) is 18.0. The van der Waals surface area contributed by atoms with Gasteiger partial charge in [-0.1, -0.05) is 43.2 Å². The van der Waals surface area contributed by atoms with Gasteiger partial charge in [-0.05, 0) is 18.4 Å². The van der Waals surface area contributed by atoms with E-state index in [1.807, 2.05) is 18.2 Å². The number of aromatic nitrogens is 3. The Hall–Kier alpha value is -2.41. The topological polar surface area (TPSA) is 63.6 Å². The summed E-state index contributed by atoms with van der Waals surface area (Å²) in [7, 11) is 1.61. The average Bonchev–Trinajstić information content (AvgIpc) is 3.04. The summed E-state index contributed by atoms with van der Waals surface area (Å²) in [4.78, 5) is 18.3. The molecule has 0 saturated carbocycles. The number of anilines is 2. The first-order valence-electron chi connectivity index (χ1n) is 9.80. The predicted molar refractivity (Wildman–Crippen MR) is 104 cm³/mol. The van der Waals surface area contributed by atoms with Gasteiger partial charge in [-0.25, -0.2) is 0 Å². The molecule has 27 heavy (non-hydrogen) atoms. The average molecular weight is 369 g/mol. The zero-order valence-electron chi connectivity index (χ0n) is 15.9. The molecule has 1 unspecified atom stereocenters. The van der Waals surface area contributed by atoms with Crippen LogP contribution in [-0.4, -0.2) is 54.8 Å². The fourth-order valence-corrected chi connectivity index (χ4v) is 3.68. The lowest BCUT2D eigenvalue weighted by atomic mass is 10.1. The van der Waals surface area contributed by atoms with E-state index in [0.717, 1.165) is 32.1 Å². The third-order valence-corrected chi connectivity index (χ3v) is 5.18. The summed E-state index contributed by atoms with van der Waals surface area (Å²) in [5.41, 5.74) is 1.18. The van der Waals surface area contributed by atoms with E-state index in [0.29, 0.717) is 18.6 Å². The molecule has 7 nitrogen and oxygen atoms in total. The van der Waals surface area contributed by atoms with Crippen LogP contribution in [0.1, 0.15) is 37.4 Å². The Labute approximate surface area is 160 Å². The second-order valence-corrected chi connectivity index (χ2v) is 7.04. The van der Waals surface area contributed by atoms with E-state index in [-0.39, 0.29) is 6.10 Å². The molecule has 2 aliphatic heterocycles. The minimum Gasteiger partial charge on any atom is -0.467 e. The van der Waals surface area contributed by atoms with E-state index in [1.165, 1.54) is 31.2 Å². The Morgan fingerprint density at radius 3 is 2.30 bits per heavy atom. The lowest BCUT2D eigenvalue weighted by Gasteiger charge is -2.33. The van der Waals surface area contributed by atoms with E-state index in [2.05, 4.69) is 31.9 Å². The van der Waals surface area contributed by atoms with Gasteiger partial charge in [0.05, 0.1) is 20.3 Å². The second kappa shape index (κ2) is 8.52. The lowest BCUT2D eigenvalue weighted by Crippen LogP contribution is -2.40. The fraction of sp³-hybridized carbons (Fsp3) is 0.550. The molecule has 0 N–H and O–H groups in total. The van der Waals surface area contributed by atoms with Crippen LogP contribution in [0.3, 0.4) is 0 Å². The highest BCUT2D eigenvalue weighted by molar-refractivity contribution is 5.41. The van der Waals surface area contributed by atoms with Crippen LogP contribution < -0.4 is 14.5 Å². The van der Waals surface area contributed by atoms with E-state index in [4.69, 9.17) is 14.5 Å². The SMILES string of the molecule is COc1nc(N2CCCCCC2)nc(N2CCOC(c3ccccc3)C2)n1. The van der Waals surface area contributed by atoms with Crippen LogP contribution in [-0.2, 0) is 4.74 Å². The molecule has 0 spiro atoms. The van der Waals surface area contributed by atoms with Gasteiger partial charge in [0.1, 0.15) is 6.10 Å². The molecule has 2 aliphatic rings. The molecular weight excluding hydrogens is 342 g/mol. The Bertz CT molecular complexity index is 734. The van der Waals surface area contributed by atoms with Gasteiger partial charge in [-0.3, -0.25) is 0 Å². The van der Waals surface area contributed by atoms with Gasteiger partial charge in [-0.15, -0.1) is 0 Å². The van der Waals surface area contributed by atoms with Crippen molar-refractivity contribution in [1.82, 2.24) is 15.0 Å². The molecule has 0 amide bonds. The lowest BCUT2D eigenvalue weighted by molar-refractivity contribution is 0.0392. The quantitative estimate of drug-likeness (QED) is 0.821. The number of morpholine rings is 1. The van der Waals surface area contributed by atoms with Crippen LogP contribution in [0, 0.1) is 0 Å². The molecule has 1 aromatic heterocycles. The van der Waals surface area contributed by atoms with Crippen molar-refractivity contribution in [2.45, 2.75) is 31.8 Å². The molecule has 3 heterocycles. The molecule has 7 heteroatoms. The van der Waals surface area contributed by atoms with E-state index in [9.17, 15) is 0 Å². The van der Waals surface area contributed by atoms with E-state index >= 15 is 0 Å². The largest absolute Gasteiger partial charge is 0.467 e. The maximum atomic E-state index is 5.98. The first-order chi connectivity index (χ1) is 13.3. The van der Waals surface area contributed by atoms with Crippen LogP contribution in [0.2, 0.25) is 0 Å². The van der Waals surface area contributed by atoms with Gasteiger partial charge in [0.25, 0.3) is 0 Å². The molecule has 0 aliphatic carbocycles. The van der Waals surface area contributed by atoms with Crippen molar-refractivity contribution in [3.63, 3.8) is 0 Å². The highest BCUT2D eigenvalue weighted by atomic mass is 16.5. The van der Waals surface area contributed by atoms with E-state index < -0.39 is 0 Å². The standard InChI is InChI=1S/C20H27N5O2/c1-26-20-22-18(24-11-7-2-3-8-12-24)21-19(23-20)25-13-14-27-17(15-25)16-9-5-4-6-10-16/h4-6,9-10,17H,2-3,7-8,11-15H2,1H3. The molecule has 1 aromatic carbocycles. The number of ether oxygens (including phenoxy) is 2.